The molecule has 0 aromatic rings. The molecule has 1 unspecified atom stereocenters. The molecule has 0 saturated heterocycles. The first-order valence-electron chi connectivity index (χ1n) is 5.13. The number of hydrogen-bond donors (Lipinski definition) is 3. The van der Waals surface area contributed by atoms with Crippen LogP contribution in [0.2, 0.25) is 0 Å². The molecule has 1 atom stereocenters. The standard InChI is InChI=1S/C10H20N2O2/c1-10(2,14)6-12-9(13)5-8(11)7-3-4-7/h7-8,14H,3-6,11H2,1-2H3,(H,12,13). The van der Waals surface area contributed by atoms with E-state index in [2.05, 4.69) is 5.32 Å². The van der Waals surface area contributed by atoms with Crippen molar-refractivity contribution in [2.75, 3.05) is 6.54 Å². The van der Waals surface area contributed by atoms with E-state index >= 15 is 0 Å². The molecule has 1 aliphatic rings. The molecule has 0 bridgehead atoms. The maximum Gasteiger partial charge on any atom is 0.221 e. The highest BCUT2D eigenvalue weighted by atomic mass is 16.3. The molecule has 1 aliphatic carbocycles. The molecule has 0 heterocycles. The van der Waals surface area contributed by atoms with Gasteiger partial charge in [0.1, 0.15) is 0 Å². The topological polar surface area (TPSA) is 75.3 Å². The summed E-state index contributed by atoms with van der Waals surface area (Å²) in [4.78, 5) is 11.3. The van der Waals surface area contributed by atoms with Crippen LogP contribution in [0.25, 0.3) is 0 Å². The second-order valence-electron chi connectivity index (χ2n) is 4.79. The van der Waals surface area contributed by atoms with Gasteiger partial charge in [-0.25, -0.2) is 0 Å². The summed E-state index contributed by atoms with van der Waals surface area (Å²) in [6.07, 6.45) is 2.68. The maximum atomic E-state index is 11.3. The van der Waals surface area contributed by atoms with Gasteiger partial charge in [0, 0.05) is 19.0 Å². The summed E-state index contributed by atoms with van der Waals surface area (Å²) in [6, 6.07) is -0.00296. The SMILES string of the molecule is CC(C)(O)CNC(=O)CC(N)C1CC1. The fraction of sp³-hybridized carbons (Fsp3) is 0.900. The molecule has 14 heavy (non-hydrogen) atoms. The van der Waals surface area contributed by atoms with E-state index in [1.165, 1.54) is 0 Å². The predicted molar refractivity (Wildman–Crippen MR) is 54.6 cm³/mol. The van der Waals surface area contributed by atoms with Crippen LogP contribution in [-0.4, -0.2) is 29.2 Å². The van der Waals surface area contributed by atoms with Gasteiger partial charge in [0.15, 0.2) is 0 Å². The molecule has 0 aliphatic heterocycles. The number of hydrogen-bond acceptors (Lipinski definition) is 3. The Hall–Kier alpha value is -0.610. The van der Waals surface area contributed by atoms with E-state index < -0.39 is 5.60 Å². The average Bonchev–Trinajstić information content (AvgIpc) is 2.81. The molecular formula is C10H20N2O2. The first kappa shape index (κ1) is 11.5. The lowest BCUT2D eigenvalue weighted by Crippen LogP contribution is -2.40. The van der Waals surface area contributed by atoms with Crippen LogP contribution in [0.15, 0.2) is 0 Å². The normalized spacial score (nSPS) is 19.1. The lowest BCUT2D eigenvalue weighted by atomic mass is 10.1. The number of amides is 1. The summed E-state index contributed by atoms with van der Waals surface area (Å²) < 4.78 is 0. The van der Waals surface area contributed by atoms with E-state index in [1.807, 2.05) is 0 Å². The zero-order valence-electron chi connectivity index (χ0n) is 8.92. The summed E-state index contributed by atoms with van der Waals surface area (Å²) in [5, 5.41) is 12.0. The monoisotopic (exact) mass is 200 g/mol. The third kappa shape index (κ3) is 4.58. The van der Waals surface area contributed by atoms with Gasteiger partial charge in [0.2, 0.25) is 5.91 Å². The summed E-state index contributed by atoms with van der Waals surface area (Å²) >= 11 is 0. The maximum absolute atomic E-state index is 11.3. The van der Waals surface area contributed by atoms with Gasteiger partial charge >= 0.3 is 0 Å². The smallest absolute Gasteiger partial charge is 0.221 e. The lowest BCUT2D eigenvalue weighted by Gasteiger charge is -2.18. The first-order chi connectivity index (χ1) is 6.38. The number of aliphatic hydroxyl groups is 1. The molecule has 4 nitrogen and oxygen atoms in total. The molecule has 4 heteroatoms. The van der Waals surface area contributed by atoms with Gasteiger partial charge in [-0.15, -0.1) is 0 Å². The highest BCUT2D eigenvalue weighted by molar-refractivity contribution is 5.76. The van der Waals surface area contributed by atoms with Crippen LogP contribution in [0.4, 0.5) is 0 Å². The van der Waals surface area contributed by atoms with E-state index in [-0.39, 0.29) is 18.5 Å². The Balaban J connectivity index is 2.15. The van der Waals surface area contributed by atoms with Crippen molar-refractivity contribution in [2.24, 2.45) is 11.7 Å². The van der Waals surface area contributed by atoms with Crippen molar-refractivity contribution >= 4 is 5.91 Å². The van der Waals surface area contributed by atoms with Gasteiger partial charge in [-0.3, -0.25) is 4.79 Å². The number of nitrogens with two attached hydrogens (primary N) is 1. The van der Waals surface area contributed by atoms with E-state index in [9.17, 15) is 9.90 Å². The molecular weight excluding hydrogens is 180 g/mol. The highest BCUT2D eigenvalue weighted by Crippen LogP contribution is 2.32. The van der Waals surface area contributed by atoms with Crippen LogP contribution in [0.3, 0.4) is 0 Å². The van der Waals surface area contributed by atoms with E-state index in [0.717, 1.165) is 12.8 Å². The second kappa shape index (κ2) is 4.28. The fourth-order valence-corrected chi connectivity index (χ4v) is 1.29. The van der Waals surface area contributed by atoms with Gasteiger partial charge in [-0.05, 0) is 32.6 Å². The number of nitrogens with one attached hydrogen (secondary N) is 1. The third-order valence-corrected chi connectivity index (χ3v) is 2.37. The fourth-order valence-electron chi connectivity index (χ4n) is 1.29. The van der Waals surface area contributed by atoms with Gasteiger partial charge in [-0.1, -0.05) is 0 Å². The molecule has 0 radical (unpaired) electrons. The van der Waals surface area contributed by atoms with Crippen LogP contribution in [0, 0.1) is 5.92 Å². The lowest BCUT2D eigenvalue weighted by molar-refractivity contribution is -0.122. The summed E-state index contributed by atoms with van der Waals surface area (Å²) in [5.74, 6) is 0.481. The molecule has 4 N–H and O–H groups in total. The molecule has 1 fully saturated rings. The van der Waals surface area contributed by atoms with Crippen molar-refractivity contribution in [2.45, 2.75) is 44.8 Å². The zero-order chi connectivity index (χ0) is 10.8. The molecule has 0 spiro atoms. The van der Waals surface area contributed by atoms with Gasteiger partial charge in [0.25, 0.3) is 0 Å². The summed E-state index contributed by atoms with van der Waals surface area (Å²) in [7, 11) is 0. The number of carbonyl (C=O) groups is 1. The van der Waals surface area contributed by atoms with Crippen LogP contribution in [-0.2, 0) is 4.79 Å². The Labute approximate surface area is 84.9 Å². The highest BCUT2D eigenvalue weighted by Gasteiger charge is 2.29. The minimum atomic E-state index is -0.848. The first-order valence-corrected chi connectivity index (χ1v) is 5.13. The van der Waals surface area contributed by atoms with Crippen LogP contribution < -0.4 is 11.1 Å². The van der Waals surface area contributed by atoms with Crippen molar-refractivity contribution in [3.63, 3.8) is 0 Å². The molecule has 0 aromatic carbocycles. The van der Waals surface area contributed by atoms with Gasteiger partial charge < -0.3 is 16.2 Å². The summed E-state index contributed by atoms with van der Waals surface area (Å²) in [5.41, 5.74) is 4.95. The number of rotatable bonds is 5. The van der Waals surface area contributed by atoms with Crippen LogP contribution >= 0.6 is 0 Å². The van der Waals surface area contributed by atoms with Gasteiger partial charge in [-0.2, -0.15) is 0 Å². The van der Waals surface area contributed by atoms with Crippen molar-refractivity contribution in [1.82, 2.24) is 5.32 Å². The third-order valence-electron chi connectivity index (χ3n) is 2.37. The van der Waals surface area contributed by atoms with Crippen molar-refractivity contribution < 1.29 is 9.90 Å². The number of carbonyl (C=O) groups excluding carboxylic acids is 1. The Bertz CT molecular complexity index is 207. The Morgan fingerprint density at radius 3 is 2.64 bits per heavy atom. The largest absolute Gasteiger partial charge is 0.389 e. The van der Waals surface area contributed by atoms with Gasteiger partial charge in [0.05, 0.1) is 5.60 Å². The van der Waals surface area contributed by atoms with Crippen molar-refractivity contribution in [3.05, 3.63) is 0 Å². The molecule has 1 saturated carbocycles. The Morgan fingerprint density at radius 2 is 2.21 bits per heavy atom. The van der Waals surface area contributed by atoms with E-state index in [1.54, 1.807) is 13.8 Å². The van der Waals surface area contributed by atoms with Crippen molar-refractivity contribution in [1.29, 1.82) is 0 Å². The molecule has 1 rings (SSSR count). The zero-order valence-corrected chi connectivity index (χ0v) is 8.92. The Morgan fingerprint density at radius 1 is 1.64 bits per heavy atom. The van der Waals surface area contributed by atoms with Crippen LogP contribution in [0.1, 0.15) is 33.1 Å². The predicted octanol–water partition coefficient (Wildman–Crippen LogP) is 0.000900. The molecule has 1 amide bonds. The van der Waals surface area contributed by atoms with Crippen LogP contribution in [0.5, 0.6) is 0 Å². The van der Waals surface area contributed by atoms with Crippen molar-refractivity contribution in [3.8, 4) is 0 Å². The minimum Gasteiger partial charge on any atom is -0.389 e. The Kier molecular flexibility index (Phi) is 3.50. The summed E-state index contributed by atoms with van der Waals surface area (Å²) in [6.45, 7) is 3.60. The average molecular weight is 200 g/mol. The molecule has 0 aromatic heterocycles. The quantitative estimate of drug-likeness (QED) is 0.585. The van der Waals surface area contributed by atoms with E-state index in [4.69, 9.17) is 5.73 Å². The van der Waals surface area contributed by atoms with E-state index in [0.29, 0.717) is 12.3 Å². The second-order valence-corrected chi connectivity index (χ2v) is 4.79. The minimum absolute atomic E-state index is 0.00296. The molecule has 82 valence electrons.